The van der Waals surface area contributed by atoms with Crippen molar-refractivity contribution in [2.75, 3.05) is 11.8 Å². The fourth-order valence-electron chi connectivity index (χ4n) is 2.05. The van der Waals surface area contributed by atoms with Crippen molar-refractivity contribution in [2.45, 2.75) is 25.3 Å². The van der Waals surface area contributed by atoms with Gasteiger partial charge in [-0.2, -0.15) is 0 Å². The molecule has 0 spiro atoms. The van der Waals surface area contributed by atoms with Crippen LogP contribution in [-0.4, -0.2) is 15.5 Å². The summed E-state index contributed by atoms with van der Waals surface area (Å²) < 4.78 is 27.5. The monoisotopic (exact) mass is 304 g/mol. The van der Waals surface area contributed by atoms with Crippen molar-refractivity contribution >= 4 is 15.7 Å². The molecule has 0 heterocycles. The van der Waals surface area contributed by atoms with Crippen molar-refractivity contribution in [1.82, 2.24) is 5.32 Å². The molecule has 5 heteroatoms. The minimum absolute atomic E-state index is 0.272. The van der Waals surface area contributed by atoms with Crippen molar-refractivity contribution in [3.63, 3.8) is 0 Å². The summed E-state index contributed by atoms with van der Waals surface area (Å²) in [5, 5.41) is 3.01. The number of hydrogen-bond donors (Lipinski definition) is 2. The molecule has 2 aromatic carbocycles. The van der Waals surface area contributed by atoms with Crippen molar-refractivity contribution in [2.24, 2.45) is 0 Å². The third kappa shape index (κ3) is 3.83. The lowest BCUT2D eigenvalue weighted by Gasteiger charge is -2.11. The van der Waals surface area contributed by atoms with Crippen LogP contribution in [0.15, 0.2) is 47.4 Å². The van der Waals surface area contributed by atoms with E-state index in [0.717, 1.165) is 16.7 Å². The summed E-state index contributed by atoms with van der Waals surface area (Å²) in [4.78, 5) is 0.272. The van der Waals surface area contributed by atoms with Crippen LogP contribution in [0.1, 0.15) is 16.7 Å². The molecule has 0 aliphatic rings. The standard InChI is InChI=1S/C16H20N2O2S/c1-12-7-8-15(9-13(12)2)18-21(19,20)16-6-4-5-14(10-16)11-17-3/h4-10,17-18H,11H2,1-3H3. The Morgan fingerprint density at radius 1 is 1.00 bits per heavy atom. The van der Waals surface area contributed by atoms with Crippen molar-refractivity contribution in [3.8, 4) is 0 Å². The van der Waals surface area contributed by atoms with Crippen LogP contribution in [0.4, 0.5) is 5.69 Å². The van der Waals surface area contributed by atoms with Crippen LogP contribution in [0.3, 0.4) is 0 Å². The topological polar surface area (TPSA) is 58.2 Å². The molecule has 112 valence electrons. The zero-order valence-electron chi connectivity index (χ0n) is 12.5. The summed E-state index contributed by atoms with van der Waals surface area (Å²) in [6.07, 6.45) is 0. The first-order valence-electron chi connectivity index (χ1n) is 6.76. The average Bonchev–Trinajstić information content (AvgIpc) is 2.43. The largest absolute Gasteiger partial charge is 0.316 e. The van der Waals surface area contributed by atoms with Gasteiger partial charge in [0.15, 0.2) is 0 Å². The predicted molar refractivity (Wildman–Crippen MR) is 85.9 cm³/mol. The van der Waals surface area contributed by atoms with E-state index in [2.05, 4.69) is 10.0 Å². The van der Waals surface area contributed by atoms with Crippen LogP contribution in [0, 0.1) is 13.8 Å². The minimum Gasteiger partial charge on any atom is -0.316 e. The maximum Gasteiger partial charge on any atom is 0.261 e. The number of sulfonamides is 1. The first-order valence-corrected chi connectivity index (χ1v) is 8.24. The Hall–Kier alpha value is -1.85. The second-order valence-electron chi connectivity index (χ2n) is 5.08. The molecule has 21 heavy (non-hydrogen) atoms. The lowest BCUT2D eigenvalue weighted by molar-refractivity contribution is 0.601. The lowest BCUT2D eigenvalue weighted by Crippen LogP contribution is -2.14. The number of hydrogen-bond acceptors (Lipinski definition) is 3. The lowest BCUT2D eigenvalue weighted by atomic mass is 10.1. The van der Waals surface area contributed by atoms with Crippen LogP contribution in [0.25, 0.3) is 0 Å². The molecule has 2 aromatic rings. The molecule has 0 aliphatic heterocycles. The molecule has 0 saturated heterocycles. The maximum atomic E-state index is 12.4. The zero-order chi connectivity index (χ0) is 15.5. The van der Waals surface area contributed by atoms with E-state index in [4.69, 9.17) is 0 Å². The number of rotatable bonds is 5. The molecule has 0 bridgehead atoms. The first-order chi connectivity index (χ1) is 9.92. The fourth-order valence-corrected chi connectivity index (χ4v) is 3.17. The van der Waals surface area contributed by atoms with E-state index in [-0.39, 0.29) is 4.90 Å². The number of benzene rings is 2. The van der Waals surface area contributed by atoms with Crippen LogP contribution >= 0.6 is 0 Å². The number of anilines is 1. The van der Waals surface area contributed by atoms with Crippen LogP contribution in [-0.2, 0) is 16.6 Å². The summed E-state index contributed by atoms with van der Waals surface area (Å²) in [5.74, 6) is 0. The van der Waals surface area contributed by atoms with Gasteiger partial charge in [-0.3, -0.25) is 4.72 Å². The second kappa shape index (κ2) is 6.28. The smallest absolute Gasteiger partial charge is 0.261 e. The maximum absolute atomic E-state index is 12.4. The summed E-state index contributed by atoms with van der Waals surface area (Å²) in [7, 11) is -1.73. The highest BCUT2D eigenvalue weighted by molar-refractivity contribution is 7.92. The van der Waals surface area contributed by atoms with Gasteiger partial charge in [0, 0.05) is 12.2 Å². The van der Waals surface area contributed by atoms with E-state index in [1.165, 1.54) is 0 Å². The molecule has 0 fully saturated rings. The molecular weight excluding hydrogens is 284 g/mol. The molecule has 0 radical (unpaired) electrons. The van der Waals surface area contributed by atoms with Crippen molar-refractivity contribution < 1.29 is 8.42 Å². The highest BCUT2D eigenvalue weighted by Crippen LogP contribution is 2.19. The molecule has 0 aliphatic carbocycles. The Balaban J connectivity index is 2.29. The fraction of sp³-hybridized carbons (Fsp3) is 0.250. The van der Waals surface area contributed by atoms with E-state index >= 15 is 0 Å². The summed E-state index contributed by atoms with van der Waals surface area (Å²) in [6.45, 7) is 4.59. The molecular formula is C16H20N2O2S. The van der Waals surface area contributed by atoms with Gasteiger partial charge in [0.05, 0.1) is 4.90 Å². The van der Waals surface area contributed by atoms with Crippen molar-refractivity contribution in [1.29, 1.82) is 0 Å². The molecule has 0 aromatic heterocycles. The van der Waals surface area contributed by atoms with E-state index in [9.17, 15) is 8.42 Å². The van der Waals surface area contributed by atoms with Gasteiger partial charge in [0.2, 0.25) is 0 Å². The Kier molecular flexibility index (Phi) is 4.65. The molecule has 0 saturated carbocycles. The quantitative estimate of drug-likeness (QED) is 0.893. The average molecular weight is 304 g/mol. The first kappa shape index (κ1) is 15.5. The molecule has 2 rings (SSSR count). The summed E-state index contributed by atoms with van der Waals surface area (Å²) in [6, 6.07) is 12.4. The highest BCUT2D eigenvalue weighted by atomic mass is 32.2. The zero-order valence-corrected chi connectivity index (χ0v) is 13.3. The minimum atomic E-state index is -3.56. The van der Waals surface area contributed by atoms with Crippen LogP contribution < -0.4 is 10.0 Å². The predicted octanol–water partition coefficient (Wildman–Crippen LogP) is 2.82. The normalized spacial score (nSPS) is 11.4. The van der Waals surface area contributed by atoms with E-state index in [1.807, 2.05) is 39.1 Å². The molecule has 2 N–H and O–H groups in total. The Labute approximate surface area is 126 Å². The molecule has 4 nitrogen and oxygen atoms in total. The molecule has 0 unspecified atom stereocenters. The third-order valence-electron chi connectivity index (χ3n) is 3.35. The van der Waals surface area contributed by atoms with E-state index < -0.39 is 10.0 Å². The van der Waals surface area contributed by atoms with Gasteiger partial charge < -0.3 is 5.32 Å². The van der Waals surface area contributed by atoms with E-state index in [0.29, 0.717) is 12.2 Å². The van der Waals surface area contributed by atoms with Crippen LogP contribution in [0.2, 0.25) is 0 Å². The van der Waals surface area contributed by atoms with Gasteiger partial charge >= 0.3 is 0 Å². The van der Waals surface area contributed by atoms with Gasteiger partial charge in [-0.05, 0) is 61.9 Å². The van der Waals surface area contributed by atoms with Crippen molar-refractivity contribution in [3.05, 3.63) is 59.2 Å². The van der Waals surface area contributed by atoms with Gasteiger partial charge in [-0.1, -0.05) is 18.2 Å². The Morgan fingerprint density at radius 3 is 2.43 bits per heavy atom. The molecule has 0 atom stereocenters. The molecule has 0 amide bonds. The SMILES string of the molecule is CNCc1cccc(S(=O)(=O)Nc2ccc(C)c(C)c2)c1. The van der Waals surface area contributed by atoms with Gasteiger partial charge in [0.25, 0.3) is 10.0 Å². The highest BCUT2D eigenvalue weighted by Gasteiger charge is 2.14. The van der Waals surface area contributed by atoms with E-state index in [1.54, 1.807) is 24.3 Å². The Bertz CT molecular complexity index is 740. The third-order valence-corrected chi connectivity index (χ3v) is 4.73. The number of nitrogens with one attached hydrogen (secondary N) is 2. The van der Waals surface area contributed by atoms with Crippen LogP contribution in [0.5, 0.6) is 0 Å². The second-order valence-corrected chi connectivity index (χ2v) is 6.76. The van der Waals surface area contributed by atoms with Gasteiger partial charge in [0.1, 0.15) is 0 Å². The van der Waals surface area contributed by atoms with Gasteiger partial charge in [-0.15, -0.1) is 0 Å². The summed E-state index contributed by atoms with van der Waals surface area (Å²) in [5.41, 5.74) is 3.70. The number of aryl methyl sites for hydroxylation is 2. The van der Waals surface area contributed by atoms with Gasteiger partial charge in [-0.25, -0.2) is 8.42 Å². The summed E-state index contributed by atoms with van der Waals surface area (Å²) >= 11 is 0. The Morgan fingerprint density at radius 2 is 1.76 bits per heavy atom.